The first-order chi connectivity index (χ1) is 8.60. The van der Waals surface area contributed by atoms with Gasteiger partial charge in [0, 0.05) is 23.6 Å². The van der Waals surface area contributed by atoms with Crippen LogP contribution in [0, 0.1) is 0 Å². The van der Waals surface area contributed by atoms with Crippen molar-refractivity contribution in [2.75, 3.05) is 18.0 Å². The first-order valence-corrected chi connectivity index (χ1v) is 7.58. The zero-order valence-electron chi connectivity index (χ0n) is 11.3. The molecule has 2 unspecified atom stereocenters. The molecule has 3 nitrogen and oxygen atoms in total. The number of thioether (sulfide) groups is 1. The van der Waals surface area contributed by atoms with Crippen molar-refractivity contribution in [3.8, 4) is 0 Å². The summed E-state index contributed by atoms with van der Waals surface area (Å²) < 4.78 is 0. The maximum Gasteiger partial charge on any atom is 0.0957 e. The zero-order chi connectivity index (χ0) is 13.1. The summed E-state index contributed by atoms with van der Waals surface area (Å²) in [6, 6.07) is 4.03. The molecule has 0 bridgehead atoms. The molecule has 0 aliphatic carbocycles. The van der Waals surface area contributed by atoms with Crippen LogP contribution in [0.15, 0.2) is 18.3 Å². The van der Waals surface area contributed by atoms with E-state index in [1.165, 1.54) is 5.69 Å². The maximum atomic E-state index is 9.74. The molecule has 0 saturated carbocycles. The molecule has 0 aromatic carbocycles. The van der Waals surface area contributed by atoms with Crippen LogP contribution in [0.2, 0.25) is 0 Å². The number of hydrogen-bond acceptors (Lipinski definition) is 4. The first kappa shape index (κ1) is 13.7. The average molecular weight is 266 g/mol. The molecule has 1 N–H and O–H groups in total. The van der Waals surface area contributed by atoms with Gasteiger partial charge in [-0.15, -0.1) is 0 Å². The molecule has 2 heterocycles. The summed E-state index contributed by atoms with van der Waals surface area (Å²) in [6.45, 7) is 8.66. The highest BCUT2D eigenvalue weighted by atomic mass is 32.2. The second kappa shape index (κ2) is 5.93. The van der Waals surface area contributed by atoms with E-state index in [1.54, 1.807) is 0 Å². The molecule has 100 valence electrons. The van der Waals surface area contributed by atoms with Crippen molar-refractivity contribution in [2.24, 2.45) is 0 Å². The Morgan fingerprint density at radius 3 is 2.56 bits per heavy atom. The Kier molecular flexibility index (Phi) is 4.51. The highest BCUT2D eigenvalue weighted by Gasteiger charge is 2.22. The van der Waals surface area contributed by atoms with Crippen molar-refractivity contribution in [3.63, 3.8) is 0 Å². The van der Waals surface area contributed by atoms with Crippen molar-refractivity contribution in [1.82, 2.24) is 4.98 Å². The topological polar surface area (TPSA) is 36.4 Å². The van der Waals surface area contributed by atoms with E-state index in [0.29, 0.717) is 16.9 Å². The third-order valence-electron chi connectivity index (χ3n) is 3.28. The lowest BCUT2D eigenvalue weighted by molar-refractivity contribution is 0.169. The molecule has 2 rings (SSSR count). The van der Waals surface area contributed by atoms with Crippen LogP contribution < -0.4 is 4.90 Å². The monoisotopic (exact) mass is 266 g/mol. The minimum atomic E-state index is -0.436. The van der Waals surface area contributed by atoms with Gasteiger partial charge in [-0.3, -0.25) is 4.98 Å². The molecule has 1 aliphatic heterocycles. The van der Waals surface area contributed by atoms with Gasteiger partial charge in [0.05, 0.1) is 23.7 Å². The van der Waals surface area contributed by atoms with Crippen molar-refractivity contribution < 1.29 is 5.11 Å². The molecule has 0 amide bonds. The van der Waals surface area contributed by atoms with E-state index >= 15 is 0 Å². The van der Waals surface area contributed by atoms with Crippen LogP contribution in [0.5, 0.6) is 0 Å². The molecule has 1 aliphatic rings. The van der Waals surface area contributed by atoms with E-state index in [0.717, 1.165) is 18.8 Å². The largest absolute Gasteiger partial charge is 0.387 e. The zero-order valence-corrected chi connectivity index (χ0v) is 12.2. The van der Waals surface area contributed by atoms with Gasteiger partial charge in [-0.2, -0.15) is 11.8 Å². The van der Waals surface area contributed by atoms with E-state index in [9.17, 15) is 5.11 Å². The SMILES string of the molecule is CC[C@@H](O)c1ccc(N2CC(C)SC(C)C2)cn1. The Morgan fingerprint density at radius 2 is 2.06 bits per heavy atom. The first-order valence-electron chi connectivity index (χ1n) is 6.64. The van der Waals surface area contributed by atoms with Gasteiger partial charge < -0.3 is 10.0 Å². The van der Waals surface area contributed by atoms with Crippen molar-refractivity contribution >= 4 is 17.4 Å². The van der Waals surface area contributed by atoms with Gasteiger partial charge in [-0.25, -0.2) is 0 Å². The number of rotatable bonds is 3. The number of pyridine rings is 1. The second-order valence-corrected chi connectivity index (χ2v) is 6.91. The summed E-state index contributed by atoms with van der Waals surface area (Å²) in [4.78, 5) is 6.77. The predicted octanol–water partition coefficient (Wildman–Crippen LogP) is 2.86. The van der Waals surface area contributed by atoms with Gasteiger partial charge in [-0.05, 0) is 18.6 Å². The lowest BCUT2D eigenvalue weighted by atomic mass is 10.2. The number of hydrogen-bond donors (Lipinski definition) is 1. The molecule has 1 fully saturated rings. The smallest absolute Gasteiger partial charge is 0.0957 e. The summed E-state index contributed by atoms with van der Waals surface area (Å²) in [5.74, 6) is 0. The summed E-state index contributed by atoms with van der Waals surface area (Å²) in [6.07, 6.45) is 2.17. The summed E-state index contributed by atoms with van der Waals surface area (Å²) in [5.41, 5.74) is 1.94. The molecule has 4 heteroatoms. The Labute approximate surface area is 114 Å². The van der Waals surface area contributed by atoms with Gasteiger partial charge in [0.25, 0.3) is 0 Å². The van der Waals surface area contributed by atoms with Crippen molar-refractivity contribution in [1.29, 1.82) is 0 Å². The molecule has 1 aromatic rings. The van der Waals surface area contributed by atoms with Gasteiger partial charge in [0.2, 0.25) is 0 Å². The van der Waals surface area contributed by atoms with Gasteiger partial charge >= 0.3 is 0 Å². The number of anilines is 1. The van der Waals surface area contributed by atoms with Gasteiger partial charge in [0.15, 0.2) is 0 Å². The Morgan fingerprint density at radius 1 is 1.39 bits per heavy atom. The molecule has 18 heavy (non-hydrogen) atoms. The molecule has 0 spiro atoms. The van der Waals surface area contributed by atoms with Crippen LogP contribution in [0.4, 0.5) is 5.69 Å². The Balaban J connectivity index is 2.09. The second-order valence-electron chi connectivity index (χ2n) is 5.03. The quantitative estimate of drug-likeness (QED) is 0.912. The molecule has 3 atom stereocenters. The minimum Gasteiger partial charge on any atom is -0.387 e. The minimum absolute atomic E-state index is 0.436. The van der Waals surface area contributed by atoms with E-state index in [-0.39, 0.29) is 0 Å². The molecule has 1 saturated heterocycles. The number of nitrogens with zero attached hydrogens (tertiary/aromatic N) is 2. The van der Waals surface area contributed by atoms with Gasteiger partial charge in [0.1, 0.15) is 0 Å². The third-order valence-corrected chi connectivity index (χ3v) is 4.51. The highest BCUT2D eigenvalue weighted by Crippen LogP contribution is 2.28. The van der Waals surface area contributed by atoms with Crippen LogP contribution in [0.3, 0.4) is 0 Å². The van der Waals surface area contributed by atoms with E-state index in [1.807, 2.05) is 30.9 Å². The van der Waals surface area contributed by atoms with E-state index < -0.39 is 6.10 Å². The standard InChI is InChI=1S/C14H22N2OS/c1-4-14(17)13-6-5-12(7-15-13)16-8-10(2)18-11(3)9-16/h5-7,10-11,14,17H,4,8-9H2,1-3H3/t10?,11?,14-/m1/s1. The Bertz CT molecular complexity index is 372. The maximum absolute atomic E-state index is 9.74. The fourth-order valence-electron chi connectivity index (χ4n) is 2.38. The van der Waals surface area contributed by atoms with Crippen LogP contribution in [0.1, 0.15) is 39.0 Å². The number of aliphatic hydroxyl groups is 1. The summed E-state index contributed by atoms with van der Waals surface area (Å²) in [7, 11) is 0. The molecular weight excluding hydrogens is 244 g/mol. The summed E-state index contributed by atoms with van der Waals surface area (Å²) >= 11 is 2.05. The molecule has 0 radical (unpaired) electrons. The van der Waals surface area contributed by atoms with Crippen LogP contribution in [0.25, 0.3) is 0 Å². The molecular formula is C14H22N2OS. The average Bonchev–Trinajstić information content (AvgIpc) is 2.37. The predicted molar refractivity (Wildman–Crippen MR) is 78.2 cm³/mol. The highest BCUT2D eigenvalue weighted by molar-refractivity contribution is 8.00. The normalized spacial score (nSPS) is 26.1. The van der Waals surface area contributed by atoms with E-state index in [2.05, 4.69) is 29.8 Å². The van der Waals surface area contributed by atoms with Crippen molar-refractivity contribution in [3.05, 3.63) is 24.0 Å². The third kappa shape index (κ3) is 3.18. The number of aromatic nitrogens is 1. The van der Waals surface area contributed by atoms with Crippen LogP contribution in [-0.2, 0) is 0 Å². The molecule has 1 aromatic heterocycles. The Hall–Kier alpha value is -0.740. The van der Waals surface area contributed by atoms with Crippen LogP contribution >= 0.6 is 11.8 Å². The van der Waals surface area contributed by atoms with E-state index in [4.69, 9.17) is 0 Å². The van der Waals surface area contributed by atoms with Crippen LogP contribution in [-0.4, -0.2) is 33.7 Å². The lowest BCUT2D eigenvalue weighted by Gasteiger charge is -2.36. The number of aliphatic hydroxyl groups excluding tert-OH is 1. The van der Waals surface area contributed by atoms with Gasteiger partial charge in [-0.1, -0.05) is 20.8 Å². The fourth-order valence-corrected chi connectivity index (χ4v) is 3.70. The summed E-state index contributed by atoms with van der Waals surface area (Å²) in [5, 5.41) is 11.1. The fraction of sp³-hybridized carbons (Fsp3) is 0.643. The van der Waals surface area contributed by atoms with Crippen molar-refractivity contribution in [2.45, 2.75) is 43.8 Å². The lowest BCUT2D eigenvalue weighted by Crippen LogP contribution is -2.40.